The number of carbonyl (C=O) groups is 2. The number of para-hydroxylation sites is 2. The fourth-order valence-electron chi connectivity index (χ4n) is 3.46. The van der Waals surface area contributed by atoms with Crippen molar-refractivity contribution in [3.05, 3.63) is 59.9 Å². The van der Waals surface area contributed by atoms with Gasteiger partial charge in [-0.05, 0) is 38.5 Å². The monoisotopic (exact) mass is 507 g/mol. The second-order valence-corrected chi connectivity index (χ2v) is 10.0. The second kappa shape index (κ2) is 13.1. The third kappa shape index (κ3) is 7.95. The molecule has 0 aliphatic heterocycles. The fourth-order valence-corrected chi connectivity index (χ4v) is 4.32. The lowest BCUT2D eigenvalue weighted by molar-refractivity contribution is -0.139. The van der Waals surface area contributed by atoms with Crippen LogP contribution < -0.4 is 14.4 Å². The lowest BCUT2D eigenvalue weighted by Gasteiger charge is -2.32. The van der Waals surface area contributed by atoms with Gasteiger partial charge in [-0.3, -0.25) is 13.9 Å². The van der Waals surface area contributed by atoms with Gasteiger partial charge in [-0.25, -0.2) is 12.8 Å². The molecule has 0 saturated heterocycles. The van der Waals surface area contributed by atoms with Gasteiger partial charge >= 0.3 is 0 Å². The molecule has 1 atom stereocenters. The van der Waals surface area contributed by atoms with Crippen LogP contribution in [-0.4, -0.2) is 57.1 Å². The highest BCUT2D eigenvalue weighted by molar-refractivity contribution is 7.92. The van der Waals surface area contributed by atoms with Crippen molar-refractivity contribution in [3.63, 3.8) is 0 Å². The Balaban J connectivity index is 2.41. The van der Waals surface area contributed by atoms with Crippen molar-refractivity contribution in [1.29, 1.82) is 0 Å². The van der Waals surface area contributed by atoms with E-state index in [4.69, 9.17) is 4.74 Å². The first kappa shape index (κ1) is 28.1. The maximum atomic E-state index is 14.4. The summed E-state index contributed by atoms with van der Waals surface area (Å²) >= 11 is 0. The van der Waals surface area contributed by atoms with Crippen molar-refractivity contribution in [1.82, 2.24) is 10.2 Å². The van der Waals surface area contributed by atoms with Crippen molar-refractivity contribution in [3.8, 4) is 5.75 Å². The van der Waals surface area contributed by atoms with Crippen molar-refractivity contribution in [2.45, 2.75) is 46.2 Å². The van der Waals surface area contributed by atoms with Crippen LogP contribution in [0.15, 0.2) is 48.5 Å². The van der Waals surface area contributed by atoms with Gasteiger partial charge < -0.3 is 15.0 Å². The molecule has 2 amide bonds. The lowest BCUT2D eigenvalue weighted by atomic mass is 10.1. The first-order valence-electron chi connectivity index (χ1n) is 11.6. The number of anilines is 1. The third-order valence-corrected chi connectivity index (χ3v) is 6.53. The highest BCUT2D eigenvalue weighted by Gasteiger charge is 2.31. The number of nitrogens with one attached hydrogen (secondary N) is 1. The lowest BCUT2D eigenvalue weighted by Crippen LogP contribution is -2.51. The second-order valence-electron chi connectivity index (χ2n) is 8.10. The van der Waals surface area contributed by atoms with E-state index in [1.54, 1.807) is 44.2 Å². The number of hydrogen-bond donors (Lipinski definition) is 1. The highest BCUT2D eigenvalue weighted by atomic mass is 32.2. The van der Waals surface area contributed by atoms with E-state index in [0.717, 1.165) is 23.4 Å². The van der Waals surface area contributed by atoms with Crippen molar-refractivity contribution in [2.24, 2.45) is 0 Å². The molecule has 8 nitrogen and oxygen atoms in total. The average molecular weight is 508 g/mol. The standard InChI is InChI=1S/C25H34FN3O5S/c1-5-7-16-27-25(31)19(3)28(17-20-12-8-9-13-21(20)26)24(30)18-29(35(4,32)33)22-14-10-11-15-23(22)34-6-2/h8-15,19H,5-7,16-18H2,1-4H3,(H,27,31)/t19-/m0/s1. The summed E-state index contributed by atoms with van der Waals surface area (Å²) in [5.74, 6) is -1.27. The maximum absolute atomic E-state index is 14.4. The number of unbranched alkanes of at least 4 members (excludes halogenated alkanes) is 1. The summed E-state index contributed by atoms with van der Waals surface area (Å²) in [5.41, 5.74) is 0.422. The summed E-state index contributed by atoms with van der Waals surface area (Å²) in [5, 5.41) is 2.78. The van der Waals surface area contributed by atoms with E-state index in [1.165, 1.54) is 23.1 Å². The molecule has 2 aromatic carbocycles. The van der Waals surface area contributed by atoms with Gasteiger partial charge in [0.15, 0.2) is 0 Å². The van der Waals surface area contributed by atoms with Crippen molar-refractivity contribution >= 4 is 27.5 Å². The molecule has 0 bridgehead atoms. The normalized spacial score (nSPS) is 12.0. The minimum absolute atomic E-state index is 0.196. The SMILES string of the molecule is CCCCNC(=O)[C@H](C)N(Cc1ccccc1F)C(=O)CN(c1ccccc1OCC)S(C)(=O)=O. The summed E-state index contributed by atoms with van der Waals surface area (Å²) in [6, 6.07) is 11.5. The van der Waals surface area contributed by atoms with Gasteiger partial charge in [-0.2, -0.15) is 0 Å². The fraction of sp³-hybridized carbons (Fsp3) is 0.440. The van der Waals surface area contributed by atoms with Crippen LogP contribution in [0.1, 0.15) is 39.2 Å². The summed E-state index contributed by atoms with van der Waals surface area (Å²) < 4.78 is 46.3. The van der Waals surface area contributed by atoms with Crippen LogP contribution in [0.2, 0.25) is 0 Å². The summed E-state index contributed by atoms with van der Waals surface area (Å²) in [4.78, 5) is 27.5. The van der Waals surface area contributed by atoms with E-state index in [1.807, 2.05) is 6.92 Å². The van der Waals surface area contributed by atoms with Crippen LogP contribution in [0.4, 0.5) is 10.1 Å². The Morgan fingerprint density at radius 2 is 1.74 bits per heavy atom. The summed E-state index contributed by atoms with van der Waals surface area (Å²) in [7, 11) is -3.90. The van der Waals surface area contributed by atoms with Crippen LogP contribution in [0, 0.1) is 5.82 Å². The number of nitrogens with zero attached hydrogens (tertiary/aromatic N) is 2. The number of carbonyl (C=O) groups excluding carboxylic acids is 2. The van der Waals surface area contributed by atoms with Gasteiger partial charge in [0.2, 0.25) is 21.8 Å². The number of benzene rings is 2. The van der Waals surface area contributed by atoms with Gasteiger partial charge in [0.1, 0.15) is 24.2 Å². The Labute approximate surface area is 207 Å². The third-order valence-electron chi connectivity index (χ3n) is 5.41. The molecule has 0 aliphatic carbocycles. The Hall–Kier alpha value is -3.14. The van der Waals surface area contributed by atoms with Gasteiger partial charge in [0.25, 0.3) is 0 Å². The Bertz CT molecular complexity index is 1110. The first-order valence-corrected chi connectivity index (χ1v) is 13.4. The quantitative estimate of drug-likeness (QED) is 0.420. The molecule has 0 unspecified atom stereocenters. The minimum atomic E-state index is -3.90. The maximum Gasteiger partial charge on any atom is 0.244 e. The Kier molecular flexibility index (Phi) is 10.5. The Morgan fingerprint density at radius 1 is 1.09 bits per heavy atom. The molecular formula is C25H34FN3O5S. The molecule has 0 spiro atoms. The van der Waals surface area contributed by atoms with E-state index >= 15 is 0 Å². The first-order chi connectivity index (χ1) is 16.6. The molecule has 1 N–H and O–H groups in total. The zero-order valence-electron chi connectivity index (χ0n) is 20.7. The predicted molar refractivity (Wildman–Crippen MR) is 134 cm³/mol. The number of rotatable bonds is 13. The predicted octanol–water partition coefficient (Wildman–Crippen LogP) is 3.32. The van der Waals surface area contributed by atoms with Gasteiger partial charge in [-0.1, -0.05) is 43.7 Å². The molecule has 0 fully saturated rings. The van der Waals surface area contributed by atoms with Crippen LogP contribution in [0.5, 0.6) is 5.75 Å². The minimum Gasteiger partial charge on any atom is -0.492 e. The molecule has 0 saturated carbocycles. The molecule has 2 rings (SSSR count). The van der Waals surface area contributed by atoms with Crippen LogP contribution in [-0.2, 0) is 26.2 Å². The van der Waals surface area contributed by atoms with Crippen LogP contribution >= 0.6 is 0 Å². The molecule has 10 heteroatoms. The van der Waals surface area contributed by atoms with E-state index in [0.29, 0.717) is 18.9 Å². The van der Waals surface area contributed by atoms with E-state index in [2.05, 4.69) is 5.32 Å². The van der Waals surface area contributed by atoms with E-state index in [-0.39, 0.29) is 17.8 Å². The largest absolute Gasteiger partial charge is 0.492 e. The molecular weight excluding hydrogens is 473 g/mol. The number of ether oxygens (including phenoxy) is 1. The summed E-state index contributed by atoms with van der Waals surface area (Å²) in [6.07, 6.45) is 2.65. The van der Waals surface area contributed by atoms with Gasteiger partial charge in [0, 0.05) is 18.7 Å². The Morgan fingerprint density at radius 3 is 2.37 bits per heavy atom. The van der Waals surface area contributed by atoms with Gasteiger partial charge in [-0.15, -0.1) is 0 Å². The smallest absolute Gasteiger partial charge is 0.244 e. The average Bonchev–Trinajstić information content (AvgIpc) is 2.81. The van der Waals surface area contributed by atoms with E-state index < -0.39 is 40.2 Å². The molecule has 0 heterocycles. The zero-order chi connectivity index (χ0) is 26.0. The molecule has 2 aromatic rings. The molecule has 0 aromatic heterocycles. The number of amides is 2. The molecule has 0 aliphatic rings. The van der Waals surface area contributed by atoms with Crippen molar-refractivity contribution in [2.75, 3.05) is 30.3 Å². The molecule has 0 radical (unpaired) electrons. The number of sulfonamides is 1. The number of halogens is 1. The number of hydrogen-bond acceptors (Lipinski definition) is 5. The summed E-state index contributed by atoms with van der Waals surface area (Å²) in [6.45, 7) is 5.27. The van der Waals surface area contributed by atoms with Gasteiger partial charge in [0.05, 0.1) is 18.6 Å². The van der Waals surface area contributed by atoms with Crippen LogP contribution in [0.3, 0.4) is 0 Å². The zero-order valence-corrected chi connectivity index (χ0v) is 21.5. The molecule has 35 heavy (non-hydrogen) atoms. The topological polar surface area (TPSA) is 96.0 Å². The van der Waals surface area contributed by atoms with Crippen molar-refractivity contribution < 1.29 is 27.1 Å². The van der Waals surface area contributed by atoms with Crippen LogP contribution in [0.25, 0.3) is 0 Å². The molecule has 192 valence electrons. The van der Waals surface area contributed by atoms with E-state index in [9.17, 15) is 22.4 Å². The highest BCUT2D eigenvalue weighted by Crippen LogP contribution is 2.30.